The number of piperidine rings is 1. The Morgan fingerprint density at radius 2 is 2.18 bits per heavy atom. The second-order valence-corrected chi connectivity index (χ2v) is 7.99. The zero-order chi connectivity index (χ0) is 19.2. The van der Waals surface area contributed by atoms with Gasteiger partial charge >= 0.3 is 0 Å². The molecular formula is C23H32N4O. The summed E-state index contributed by atoms with van der Waals surface area (Å²) >= 11 is 0. The third-order valence-corrected chi connectivity index (χ3v) is 6.00. The lowest BCUT2D eigenvalue weighted by atomic mass is 9.96. The van der Waals surface area contributed by atoms with Gasteiger partial charge in [0.25, 0.3) is 0 Å². The fraction of sp³-hybridized carbons (Fsp3) is 0.522. The summed E-state index contributed by atoms with van der Waals surface area (Å²) in [4.78, 5) is 6.73. The van der Waals surface area contributed by atoms with Crippen molar-refractivity contribution < 1.29 is 4.74 Å². The number of nitrogens with one attached hydrogen (secondary N) is 2. The summed E-state index contributed by atoms with van der Waals surface area (Å²) in [6, 6.07) is 11.0. The number of hydrogen-bond donors (Lipinski definition) is 2. The van der Waals surface area contributed by atoms with Crippen LogP contribution in [-0.4, -0.2) is 38.3 Å². The van der Waals surface area contributed by atoms with Crippen molar-refractivity contribution in [1.82, 2.24) is 15.6 Å². The molecule has 4 rings (SSSR count). The molecule has 2 aliphatic rings. The maximum Gasteiger partial charge on any atom is 0.133 e. The number of pyridine rings is 1. The lowest BCUT2D eigenvalue weighted by Gasteiger charge is -2.32. The Balaban J connectivity index is 1.44. The predicted molar refractivity (Wildman–Crippen MR) is 113 cm³/mol. The van der Waals surface area contributed by atoms with Crippen molar-refractivity contribution in [3.05, 3.63) is 59.4 Å². The summed E-state index contributed by atoms with van der Waals surface area (Å²) < 4.78 is 5.79. The summed E-state index contributed by atoms with van der Waals surface area (Å²) in [5.74, 6) is 0.742. The minimum atomic E-state index is -0.0334. The first-order chi connectivity index (χ1) is 13.8. The van der Waals surface area contributed by atoms with Crippen molar-refractivity contribution in [3.63, 3.8) is 0 Å². The summed E-state index contributed by atoms with van der Waals surface area (Å²) in [5.41, 5.74) is 5.28. The molecule has 2 N–H and O–H groups in total. The Hall–Kier alpha value is -1.95. The van der Waals surface area contributed by atoms with E-state index in [1.165, 1.54) is 41.6 Å². The molecule has 2 aliphatic heterocycles. The number of aromatic nitrogens is 1. The molecule has 1 aromatic heterocycles. The number of methoxy groups -OCH3 is 1. The van der Waals surface area contributed by atoms with E-state index in [2.05, 4.69) is 44.8 Å². The van der Waals surface area contributed by atoms with E-state index in [0.717, 1.165) is 45.1 Å². The van der Waals surface area contributed by atoms with E-state index in [1.807, 2.05) is 18.5 Å². The van der Waals surface area contributed by atoms with Crippen molar-refractivity contribution in [2.24, 2.45) is 5.92 Å². The van der Waals surface area contributed by atoms with Gasteiger partial charge in [0.2, 0.25) is 0 Å². The third-order valence-electron chi connectivity index (χ3n) is 6.00. The van der Waals surface area contributed by atoms with E-state index < -0.39 is 0 Å². The molecule has 0 amide bonds. The molecule has 5 heteroatoms. The molecule has 1 fully saturated rings. The second kappa shape index (κ2) is 9.50. The van der Waals surface area contributed by atoms with Crippen LogP contribution >= 0.6 is 0 Å². The first kappa shape index (κ1) is 19.4. The fourth-order valence-corrected chi connectivity index (χ4v) is 4.43. The minimum Gasteiger partial charge on any atom is -0.367 e. The van der Waals surface area contributed by atoms with Crippen LogP contribution in [0, 0.1) is 5.92 Å². The normalized spacial score (nSPS) is 18.7. The molecule has 2 aromatic rings. The van der Waals surface area contributed by atoms with Crippen LogP contribution in [0.4, 0.5) is 5.69 Å². The molecule has 0 saturated carbocycles. The molecule has 3 heterocycles. The van der Waals surface area contributed by atoms with Gasteiger partial charge in [0.15, 0.2) is 0 Å². The summed E-state index contributed by atoms with van der Waals surface area (Å²) in [7, 11) is 1.80. The van der Waals surface area contributed by atoms with E-state index in [1.54, 1.807) is 7.11 Å². The molecule has 0 aliphatic carbocycles. The first-order valence-corrected chi connectivity index (χ1v) is 10.6. The zero-order valence-corrected chi connectivity index (χ0v) is 16.9. The second-order valence-electron chi connectivity index (χ2n) is 7.99. The lowest BCUT2D eigenvalue weighted by Crippen LogP contribution is -2.35. The summed E-state index contributed by atoms with van der Waals surface area (Å²) in [6.45, 7) is 5.31. The number of anilines is 1. The van der Waals surface area contributed by atoms with Crippen LogP contribution < -0.4 is 15.5 Å². The maximum absolute atomic E-state index is 5.79. The van der Waals surface area contributed by atoms with Crippen molar-refractivity contribution in [3.8, 4) is 0 Å². The molecule has 0 bridgehead atoms. The van der Waals surface area contributed by atoms with Crippen molar-refractivity contribution in [2.45, 2.75) is 38.5 Å². The maximum atomic E-state index is 5.79. The van der Waals surface area contributed by atoms with Crippen LogP contribution in [0.1, 0.15) is 42.2 Å². The molecule has 1 atom stereocenters. The monoisotopic (exact) mass is 380 g/mol. The van der Waals surface area contributed by atoms with Crippen LogP contribution in [-0.2, 0) is 17.7 Å². The van der Waals surface area contributed by atoms with Crippen LogP contribution in [0.25, 0.3) is 0 Å². The van der Waals surface area contributed by atoms with E-state index in [-0.39, 0.29) is 6.23 Å². The van der Waals surface area contributed by atoms with E-state index >= 15 is 0 Å². The number of benzene rings is 1. The molecule has 1 unspecified atom stereocenters. The van der Waals surface area contributed by atoms with Crippen molar-refractivity contribution in [2.75, 3.05) is 38.2 Å². The van der Waals surface area contributed by atoms with Crippen molar-refractivity contribution in [1.29, 1.82) is 0 Å². The standard InChI is InChI=1S/C23H32N4O/c1-28-23(26-16-18-8-11-24-12-9-18)21-6-7-22-20(14-21)5-3-13-27(22)17-19-4-2-10-25-15-19/h2,4,6-7,10,14-15,18,23-24,26H,3,5,8-9,11-13,16-17H2,1H3. The number of hydrogen-bond acceptors (Lipinski definition) is 5. The SMILES string of the molecule is COC(NCC1CCNCC1)c1ccc2c(c1)CCCN2Cc1cccnc1. The fourth-order valence-electron chi connectivity index (χ4n) is 4.43. The van der Waals surface area contributed by atoms with Gasteiger partial charge in [-0.1, -0.05) is 12.1 Å². The van der Waals surface area contributed by atoms with Gasteiger partial charge in [-0.2, -0.15) is 0 Å². The number of rotatable bonds is 7. The van der Waals surface area contributed by atoms with Crippen LogP contribution in [0.3, 0.4) is 0 Å². The highest BCUT2D eigenvalue weighted by Crippen LogP contribution is 2.31. The Labute approximate surface area is 168 Å². The quantitative estimate of drug-likeness (QED) is 0.722. The van der Waals surface area contributed by atoms with Gasteiger partial charge in [-0.25, -0.2) is 0 Å². The Morgan fingerprint density at radius 1 is 1.29 bits per heavy atom. The number of ether oxygens (including phenoxy) is 1. The lowest BCUT2D eigenvalue weighted by molar-refractivity contribution is 0.0681. The topological polar surface area (TPSA) is 49.4 Å². The summed E-state index contributed by atoms with van der Waals surface area (Å²) in [5, 5.41) is 7.08. The number of fused-ring (bicyclic) bond motifs is 1. The molecule has 0 spiro atoms. The van der Waals surface area contributed by atoms with Crippen molar-refractivity contribution >= 4 is 5.69 Å². The van der Waals surface area contributed by atoms with Crippen LogP contribution in [0.2, 0.25) is 0 Å². The average molecular weight is 381 g/mol. The van der Waals surface area contributed by atoms with Gasteiger partial charge in [-0.05, 0) is 79.6 Å². The molecule has 0 radical (unpaired) electrons. The van der Waals surface area contributed by atoms with Gasteiger partial charge in [0, 0.05) is 44.8 Å². The van der Waals surface area contributed by atoms with E-state index in [4.69, 9.17) is 4.74 Å². The van der Waals surface area contributed by atoms with E-state index in [9.17, 15) is 0 Å². The van der Waals surface area contributed by atoms with Gasteiger partial charge in [0.05, 0.1) is 0 Å². The first-order valence-electron chi connectivity index (χ1n) is 10.6. The molecule has 1 saturated heterocycles. The predicted octanol–water partition coefficient (Wildman–Crippen LogP) is 3.27. The highest BCUT2D eigenvalue weighted by atomic mass is 16.5. The van der Waals surface area contributed by atoms with Gasteiger partial charge in [-0.15, -0.1) is 0 Å². The third kappa shape index (κ3) is 4.72. The highest BCUT2D eigenvalue weighted by Gasteiger charge is 2.21. The average Bonchev–Trinajstić information content (AvgIpc) is 2.76. The van der Waals surface area contributed by atoms with Gasteiger partial charge in [-0.3, -0.25) is 10.3 Å². The van der Waals surface area contributed by atoms with Crippen LogP contribution in [0.5, 0.6) is 0 Å². The Bertz CT molecular complexity index is 746. The van der Waals surface area contributed by atoms with Crippen LogP contribution in [0.15, 0.2) is 42.7 Å². The largest absolute Gasteiger partial charge is 0.367 e. The molecular weight excluding hydrogens is 348 g/mol. The molecule has 28 heavy (non-hydrogen) atoms. The molecule has 150 valence electrons. The highest BCUT2D eigenvalue weighted by molar-refractivity contribution is 5.57. The molecule has 1 aromatic carbocycles. The number of aryl methyl sites for hydroxylation is 1. The number of nitrogens with zero attached hydrogens (tertiary/aromatic N) is 2. The van der Waals surface area contributed by atoms with Gasteiger partial charge in [0.1, 0.15) is 6.23 Å². The van der Waals surface area contributed by atoms with E-state index in [0.29, 0.717) is 0 Å². The molecule has 5 nitrogen and oxygen atoms in total. The Kier molecular flexibility index (Phi) is 6.57. The smallest absolute Gasteiger partial charge is 0.133 e. The Morgan fingerprint density at radius 3 is 2.96 bits per heavy atom. The van der Waals surface area contributed by atoms with Gasteiger partial charge < -0.3 is 15.0 Å². The summed E-state index contributed by atoms with van der Waals surface area (Å²) in [6.07, 6.45) is 8.59. The zero-order valence-electron chi connectivity index (χ0n) is 16.9. The minimum absolute atomic E-state index is 0.0334.